The van der Waals surface area contributed by atoms with E-state index in [1.165, 1.54) is 19.2 Å². The predicted molar refractivity (Wildman–Crippen MR) is 57.9 cm³/mol. The molecular formula is C11H9F3N2O2. The molecule has 0 aliphatic carbocycles. The number of ether oxygens (including phenoxy) is 1. The van der Waals surface area contributed by atoms with E-state index in [1.807, 2.05) is 0 Å². The Bertz CT molecular complexity index is 564. The van der Waals surface area contributed by atoms with Gasteiger partial charge in [-0.3, -0.25) is 0 Å². The Balaban J connectivity index is 2.54. The molecule has 2 rings (SSSR count). The standard InChI is InChI=1S/C11H9F3N2O2/c1-17-8-3-6(9-5-10(15)16-18-9)2-7(4-8)11(12,13)14/h2-5H,1H3,(H2,15,16). The number of alkyl halides is 3. The lowest BCUT2D eigenvalue weighted by atomic mass is 10.1. The number of rotatable bonds is 2. The molecule has 96 valence electrons. The molecule has 0 amide bonds. The van der Waals surface area contributed by atoms with E-state index in [1.54, 1.807) is 0 Å². The van der Waals surface area contributed by atoms with Crippen LogP contribution in [0.3, 0.4) is 0 Å². The maximum atomic E-state index is 12.7. The van der Waals surface area contributed by atoms with Crippen molar-refractivity contribution in [2.75, 3.05) is 12.8 Å². The molecule has 0 spiro atoms. The highest BCUT2D eigenvalue weighted by Crippen LogP contribution is 2.35. The monoisotopic (exact) mass is 258 g/mol. The van der Waals surface area contributed by atoms with E-state index in [4.69, 9.17) is 15.0 Å². The van der Waals surface area contributed by atoms with Crippen molar-refractivity contribution in [1.29, 1.82) is 0 Å². The average molecular weight is 258 g/mol. The Morgan fingerprint density at radius 1 is 1.22 bits per heavy atom. The highest BCUT2D eigenvalue weighted by atomic mass is 19.4. The lowest BCUT2D eigenvalue weighted by Gasteiger charge is -2.10. The maximum absolute atomic E-state index is 12.7. The molecule has 0 aliphatic heterocycles. The lowest BCUT2D eigenvalue weighted by molar-refractivity contribution is -0.137. The summed E-state index contributed by atoms with van der Waals surface area (Å²) < 4.78 is 47.7. The minimum absolute atomic E-state index is 0.0785. The molecule has 0 atom stereocenters. The van der Waals surface area contributed by atoms with Crippen LogP contribution in [0.5, 0.6) is 5.75 Å². The van der Waals surface area contributed by atoms with Crippen molar-refractivity contribution in [3.63, 3.8) is 0 Å². The van der Waals surface area contributed by atoms with Crippen LogP contribution in [0.1, 0.15) is 5.56 Å². The first-order valence-corrected chi connectivity index (χ1v) is 4.89. The number of nitrogens with zero attached hydrogens (tertiary/aromatic N) is 1. The van der Waals surface area contributed by atoms with Crippen LogP contribution in [0, 0.1) is 0 Å². The van der Waals surface area contributed by atoms with Crippen LogP contribution in [0.15, 0.2) is 28.8 Å². The van der Waals surface area contributed by atoms with Crippen molar-refractivity contribution in [3.05, 3.63) is 29.8 Å². The van der Waals surface area contributed by atoms with Gasteiger partial charge in [0.15, 0.2) is 11.6 Å². The summed E-state index contributed by atoms with van der Waals surface area (Å²) >= 11 is 0. The number of benzene rings is 1. The third kappa shape index (κ3) is 2.39. The molecule has 0 bridgehead atoms. The van der Waals surface area contributed by atoms with Crippen LogP contribution in [-0.2, 0) is 6.18 Å². The van der Waals surface area contributed by atoms with Gasteiger partial charge in [-0.2, -0.15) is 13.2 Å². The van der Waals surface area contributed by atoms with Crippen LogP contribution < -0.4 is 10.5 Å². The molecular weight excluding hydrogens is 249 g/mol. The summed E-state index contributed by atoms with van der Waals surface area (Å²) in [4.78, 5) is 0. The molecule has 1 aromatic heterocycles. The number of nitrogens with two attached hydrogens (primary N) is 1. The largest absolute Gasteiger partial charge is 0.497 e. The van der Waals surface area contributed by atoms with Gasteiger partial charge in [-0.05, 0) is 18.2 Å². The first-order chi connectivity index (χ1) is 8.40. The predicted octanol–water partition coefficient (Wildman–Crippen LogP) is 2.95. The molecule has 7 heteroatoms. The SMILES string of the molecule is COc1cc(-c2cc(N)no2)cc(C(F)(F)F)c1. The maximum Gasteiger partial charge on any atom is 0.416 e. The number of methoxy groups -OCH3 is 1. The fourth-order valence-electron chi connectivity index (χ4n) is 1.45. The third-order valence-corrected chi connectivity index (χ3v) is 2.28. The van der Waals surface area contributed by atoms with Gasteiger partial charge >= 0.3 is 6.18 Å². The molecule has 18 heavy (non-hydrogen) atoms. The van der Waals surface area contributed by atoms with Crippen molar-refractivity contribution >= 4 is 5.82 Å². The number of anilines is 1. The minimum atomic E-state index is -4.46. The van der Waals surface area contributed by atoms with Gasteiger partial charge in [-0.25, -0.2) is 0 Å². The lowest BCUT2D eigenvalue weighted by Crippen LogP contribution is -2.05. The smallest absolute Gasteiger partial charge is 0.416 e. The number of hydrogen-bond acceptors (Lipinski definition) is 4. The second kappa shape index (κ2) is 4.25. The Morgan fingerprint density at radius 2 is 1.94 bits per heavy atom. The molecule has 1 heterocycles. The van der Waals surface area contributed by atoms with Gasteiger partial charge in [0.05, 0.1) is 12.7 Å². The molecule has 2 aromatic rings. The summed E-state index contributed by atoms with van der Waals surface area (Å²) in [6, 6.07) is 4.61. The van der Waals surface area contributed by atoms with Crippen molar-refractivity contribution < 1.29 is 22.4 Å². The second-order valence-electron chi connectivity index (χ2n) is 3.56. The van der Waals surface area contributed by atoms with Crippen molar-refractivity contribution in [3.8, 4) is 17.1 Å². The average Bonchev–Trinajstić information content (AvgIpc) is 2.74. The Labute approximate surface area is 100 Å². The molecule has 0 saturated heterocycles. The normalized spacial score (nSPS) is 11.6. The first-order valence-electron chi connectivity index (χ1n) is 4.89. The van der Waals surface area contributed by atoms with E-state index in [-0.39, 0.29) is 22.9 Å². The van der Waals surface area contributed by atoms with E-state index < -0.39 is 11.7 Å². The number of hydrogen-bond donors (Lipinski definition) is 1. The van der Waals surface area contributed by atoms with Crippen LogP contribution >= 0.6 is 0 Å². The van der Waals surface area contributed by atoms with Crippen molar-refractivity contribution in [1.82, 2.24) is 5.16 Å². The van der Waals surface area contributed by atoms with E-state index in [2.05, 4.69) is 5.16 Å². The van der Waals surface area contributed by atoms with Crippen molar-refractivity contribution in [2.45, 2.75) is 6.18 Å². The summed E-state index contributed by atoms with van der Waals surface area (Å²) in [6.07, 6.45) is -4.46. The summed E-state index contributed by atoms with van der Waals surface area (Å²) in [5.74, 6) is 0.327. The highest BCUT2D eigenvalue weighted by Gasteiger charge is 2.31. The van der Waals surface area contributed by atoms with Gasteiger partial charge in [0.25, 0.3) is 0 Å². The fourth-order valence-corrected chi connectivity index (χ4v) is 1.45. The van der Waals surface area contributed by atoms with Gasteiger partial charge in [0.1, 0.15) is 5.75 Å². The first kappa shape index (κ1) is 12.3. The molecule has 1 aromatic carbocycles. The molecule has 0 saturated carbocycles. The molecule has 2 N–H and O–H groups in total. The zero-order chi connectivity index (χ0) is 13.3. The molecule has 0 unspecified atom stereocenters. The fraction of sp³-hybridized carbons (Fsp3) is 0.182. The third-order valence-electron chi connectivity index (χ3n) is 2.28. The van der Waals surface area contributed by atoms with Crippen molar-refractivity contribution in [2.24, 2.45) is 0 Å². The Morgan fingerprint density at radius 3 is 2.44 bits per heavy atom. The summed E-state index contributed by atoms with van der Waals surface area (Å²) in [5, 5.41) is 3.42. The summed E-state index contributed by atoms with van der Waals surface area (Å²) in [5.41, 5.74) is 4.72. The molecule has 0 aliphatic rings. The number of aromatic nitrogens is 1. The zero-order valence-corrected chi connectivity index (χ0v) is 9.28. The van der Waals surface area contributed by atoms with Gasteiger partial charge in [-0.1, -0.05) is 5.16 Å². The van der Waals surface area contributed by atoms with E-state index >= 15 is 0 Å². The molecule has 4 nitrogen and oxygen atoms in total. The quantitative estimate of drug-likeness (QED) is 0.899. The van der Waals surface area contributed by atoms with Gasteiger partial charge in [0, 0.05) is 11.6 Å². The molecule has 0 fully saturated rings. The van der Waals surface area contributed by atoms with Crippen LogP contribution in [-0.4, -0.2) is 12.3 Å². The molecule has 0 radical (unpaired) electrons. The van der Waals surface area contributed by atoms with Gasteiger partial charge < -0.3 is 15.0 Å². The Kier molecular flexibility index (Phi) is 2.90. The van der Waals surface area contributed by atoms with Gasteiger partial charge in [-0.15, -0.1) is 0 Å². The van der Waals surface area contributed by atoms with Gasteiger partial charge in [0.2, 0.25) is 0 Å². The Hall–Kier alpha value is -2.18. The van der Waals surface area contributed by atoms with E-state index in [0.717, 1.165) is 12.1 Å². The summed E-state index contributed by atoms with van der Waals surface area (Å²) in [7, 11) is 1.29. The topological polar surface area (TPSA) is 61.3 Å². The van der Waals surface area contributed by atoms with E-state index in [0.29, 0.717) is 0 Å². The minimum Gasteiger partial charge on any atom is -0.497 e. The van der Waals surface area contributed by atoms with Crippen LogP contribution in [0.2, 0.25) is 0 Å². The zero-order valence-electron chi connectivity index (χ0n) is 9.28. The number of halogens is 3. The van der Waals surface area contributed by atoms with Crippen LogP contribution in [0.25, 0.3) is 11.3 Å². The van der Waals surface area contributed by atoms with Crippen LogP contribution in [0.4, 0.5) is 19.0 Å². The summed E-state index contributed by atoms with van der Waals surface area (Å²) in [6.45, 7) is 0. The van der Waals surface area contributed by atoms with E-state index in [9.17, 15) is 13.2 Å². The second-order valence-corrected chi connectivity index (χ2v) is 3.56. The highest BCUT2D eigenvalue weighted by molar-refractivity contribution is 5.63. The number of nitrogen functional groups attached to an aromatic ring is 1.